The van der Waals surface area contributed by atoms with Crippen LogP contribution < -0.4 is 0 Å². The molecule has 40 heavy (non-hydrogen) atoms. The van der Waals surface area contributed by atoms with Gasteiger partial charge in [0, 0.05) is 6.04 Å². The van der Waals surface area contributed by atoms with Gasteiger partial charge in [-0.05, 0) is 99.0 Å². The van der Waals surface area contributed by atoms with E-state index in [0.29, 0.717) is 30.1 Å². The van der Waals surface area contributed by atoms with Gasteiger partial charge in [0.25, 0.3) is 8.53 Å². The van der Waals surface area contributed by atoms with Gasteiger partial charge in [-0.2, -0.15) is 0 Å². The molecule has 4 heteroatoms. The lowest BCUT2D eigenvalue weighted by molar-refractivity contribution is -0.0856. The van der Waals surface area contributed by atoms with Crippen molar-refractivity contribution < 1.29 is 9.05 Å². The van der Waals surface area contributed by atoms with Crippen LogP contribution in [0.3, 0.4) is 0 Å². The predicted molar refractivity (Wildman–Crippen MR) is 165 cm³/mol. The molecule has 0 aromatic heterocycles. The van der Waals surface area contributed by atoms with Gasteiger partial charge in [0.15, 0.2) is 0 Å². The number of rotatable bonds is 5. The van der Waals surface area contributed by atoms with Gasteiger partial charge in [0.2, 0.25) is 0 Å². The number of fused-ring (bicyclic) bond motifs is 7. The van der Waals surface area contributed by atoms with Crippen LogP contribution in [0.5, 0.6) is 0 Å². The molecule has 1 saturated heterocycles. The summed E-state index contributed by atoms with van der Waals surface area (Å²) < 4.78 is 17.5. The summed E-state index contributed by atoms with van der Waals surface area (Å²) in [6.45, 7) is 4.70. The Morgan fingerprint density at radius 3 is 1.50 bits per heavy atom. The smallest absolute Gasteiger partial charge is 0.260 e. The van der Waals surface area contributed by atoms with E-state index in [0.717, 1.165) is 23.7 Å². The highest BCUT2D eigenvalue weighted by Gasteiger charge is 2.56. The lowest BCUT2D eigenvalue weighted by atomic mass is 9.53. The second-order valence-corrected chi connectivity index (χ2v) is 15.3. The minimum Gasteiger partial charge on any atom is -0.318 e. The summed E-state index contributed by atoms with van der Waals surface area (Å²) in [6.07, 6.45) is 17.4. The molecule has 3 nitrogen and oxygen atoms in total. The van der Waals surface area contributed by atoms with Gasteiger partial charge in [-0.1, -0.05) is 99.2 Å². The Kier molecular flexibility index (Phi) is 8.38. The van der Waals surface area contributed by atoms with E-state index in [4.69, 9.17) is 9.05 Å². The zero-order valence-electron chi connectivity index (χ0n) is 24.7. The van der Waals surface area contributed by atoms with Crippen LogP contribution in [0.2, 0.25) is 0 Å². The first-order chi connectivity index (χ1) is 19.7. The van der Waals surface area contributed by atoms with Gasteiger partial charge in [-0.3, -0.25) is 0 Å². The van der Waals surface area contributed by atoms with E-state index in [9.17, 15) is 0 Å². The lowest BCUT2D eigenvalue weighted by Crippen LogP contribution is -2.51. The second-order valence-electron chi connectivity index (χ2n) is 13.9. The fourth-order valence-electron chi connectivity index (χ4n) is 9.92. The van der Waals surface area contributed by atoms with Crippen LogP contribution in [0.15, 0.2) is 60.7 Å². The van der Waals surface area contributed by atoms with Crippen molar-refractivity contribution in [3.05, 3.63) is 71.8 Å². The van der Waals surface area contributed by atoms with E-state index in [1.54, 1.807) is 0 Å². The highest BCUT2D eigenvalue weighted by Crippen LogP contribution is 2.64. The molecule has 0 N–H and O–H groups in total. The fourth-order valence-corrected chi connectivity index (χ4v) is 12.0. The normalized spacial score (nSPS) is 37.8. The molecule has 0 bridgehead atoms. The Labute approximate surface area is 244 Å². The van der Waals surface area contributed by atoms with Crippen LogP contribution in [-0.2, 0) is 9.05 Å². The Morgan fingerprint density at radius 2 is 1.05 bits per heavy atom. The molecule has 0 amide bonds. The number of benzene rings is 2. The summed E-state index contributed by atoms with van der Waals surface area (Å²) in [5, 5.41) is 0. The second kappa shape index (κ2) is 12.2. The molecular formula is C36H50NO2P. The number of hydrogen-bond acceptors (Lipinski definition) is 3. The zero-order chi connectivity index (χ0) is 27.1. The van der Waals surface area contributed by atoms with Crippen molar-refractivity contribution in [1.29, 1.82) is 0 Å². The quantitative estimate of drug-likeness (QED) is 0.340. The molecule has 8 atom stereocenters. The van der Waals surface area contributed by atoms with Crippen molar-refractivity contribution in [2.75, 3.05) is 0 Å². The molecule has 1 heterocycles. The van der Waals surface area contributed by atoms with Crippen LogP contribution in [-0.4, -0.2) is 22.9 Å². The highest BCUT2D eigenvalue weighted by atomic mass is 31.2. The molecule has 4 aliphatic carbocycles. The first-order valence-corrected chi connectivity index (χ1v) is 17.8. The third kappa shape index (κ3) is 5.23. The molecule has 2 aromatic rings. The maximum atomic E-state index is 7.45. The van der Waals surface area contributed by atoms with Gasteiger partial charge >= 0.3 is 0 Å². The van der Waals surface area contributed by atoms with Gasteiger partial charge in [-0.25, -0.2) is 4.67 Å². The third-order valence-electron chi connectivity index (χ3n) is 11.5. The molecule has 0 radical (unpaired) electrons. The Hall–Kier alpha value is -1.25. The van der Waals surface area contributed by atoms with Crippen molar-refractivity contribution in [2.45, 2.75) is 115 Å². The average Bonchev–Trinajstić information content (AvgIpc) is 3.17. The van der Waals surface area contributed by atoms with Crippen LogP contribution in [0.25, 0.3) is 0 Å². The first-order valence-electron chi connectivity index (χ1n) is 16.7. The summed E-state index contributed by atoms with van der Waals surface area (Å²) in [4.78, 5) is 0. The molecule has 5 aliphatic rings. The average molecular weight is 560 g/mol. The lowest BCUT2D eigenvalue weighted by Gasteiger charge is -2.53. The molecule has 2 aromatic carbocycles. The van der Waals surface area contributed by atoms with E-state index in [1.807, 2.05) is 0 Å². The zero-order valence-corrected chi connectivity index (χ0v) is 25.6. The summed E-state index contributed by atoms with van der Waals surface area (Å²) in [5.41, 5.74) is 2.67. The summed E-state index contributed by atoms with van der Waals surface area (Å²) in [7, 11) is -1.19. The van der Waals surface area contributed by atoms with Gasteiger partial charge in [0.1, 0.15) is 0 Å². The standard InChI is InChI=1S/C36H50NO2P/c1-25(2)37(36(28-15-5-3-6-16-28)29-17-7-4-8-18-29)40-38-32-23-21-26-13-9-11-19-30(26)34(32)35-31-20-12-10-14-27(31)22-24-33(35)39-40/h3-8,15-18,25-27,30-36H,9-14,19-24H2,1-2H3. The topological polar surface area (TPSA) is 21.7 Å². The predicted octanol–water partition coefficient (Wildman–Crippen LogP) is 9.93. The van der Waals surface area contributed by atoms with E-state index in [2.05, 4.69) is 79.2 Å². The molecule has 1 aliphatic heterocycles. The first kappa shape index (κ1) is 27.6. The Morgan fingerprint density at radius 1 is 0.600 bits per heavy atom. The number of nitrogens with zero attached hydrogens (tertiary/aromatic N) is 1. The van der Waals surface area contributed by atoms with Crippen LogP contribution in [0, 0.1) is 35.5 Å². The van der Waals surface area contributed by atoms with Crippen molar-refractivity contribution in [2.24, 2.45) is 35.5 Å². The van der Waals surface area contributed by atoms with Crippen molar-refractivity contribution in [3.63, 3.8) is 0 Å². The molecule has 8 unspecified atom stereocenters. The maximum Gasteiger partial charge on any atom is 0.260 e. The fraction of sp³-hybridized carbons (Fsp3) is 0.667. The van der Waals surface area contributed by atoms with E-state index >= 15 is 0 Å². The Balaban J connectivity index is 1.29. The van der Waals surface area contributed by atoms with Crippen LogP contribution in [0.4, 0.5) is 0 Å². The van der Waals surface area contributed by atoms with Crippen molar-refractivity contribution in [1.82, 2.24) is 4.67 Å². The summed E-state index contributed by atoms with van der Waals surface area (Å²) in [6, 6.07) is 22.6. The molecular weight excluding hydrogens is 509 g/mol. The van der Waals surface area contributed by atoms with Crippen molar-refractivity contribution in [3.8, 4) is 0 Å². The third-order valence-corrected chi connectivity index (χ3v) is 13.5. The summed E-state index contributed by atoms with van der Waals surface area (Å²) in [5.74, 6) is 4.95. The van der Waals surface area contributed by atoms with Crippen LogP contribution >= 0.6 is 8.53 Å². The van der Waals surface area contributed by atoms with E-state index in [-0.39, 0.29) is 6.04 Å². The SMILES string of the molecule is CC(C)N(C(c1ccccc1)c1ccccc1)P1OC2CCC3CCCCC3C2C2C(CCC3CCCCC32)O1. The van der Waals surface area contributed by atoms with Gasteiger partial charge in [0.05, 0.1) is 18.2 Å². The van der Waals surface area contributed by atoms with Gasteiger partial charge in [-0.15, -0.1) is 0 Å². The minimum absolute atomic E-state index is 0.126. The van der Waals surface area contributed by atoms with E-state index < -0.39 is 8.53 Å². The van der Waals surface area contributed by atoms with Crippen LogP contribution in [0.1, 0.15) is 108 Å². The molecule has 7 rings (SSSR count). The van der Waals surface area contributed by atoms with E-state index in [1.165, 1.54) is 88.2 Å². The Bertz CT molecular complexity index is 1010. The minimum atomic E-state index is -1.19. The molecule has 4 saturated carbocycles. The highest BCUT2D eigenvalue weighted by molar-refractivity contribution is 7.44. The molecule has 216 valence electrons. The number of hydrogen-bond donors (Lipinski definition) is 0. The molecule has 0 spiro atoms. The van der Waals surface area contributed by atoms with Gasteiger partial charge < -0.3 is 9.05 Å². The monoisotopic (exact) mass is 559 g/mol. The van der Waals surface area contributed by atoms with Crippen molar-refractivity contribution >= 4 is 8.53 Å². The molecule has 5 fully saturated rings. The largest absolute Gasteiger partial charge is 0.318 e. The summed E-state index contributed by atoms with van der Waals surface area (Å²) >= 11 is 0. The maximum absolute atomic E-state index is 7.45.